The van der Waals surface area contributed by atoms with Crippen LogP contribution in [0.3, 0.4) is 0 Å². The summed E-state index contributed by atoms with van der Waals surface area (Å²) >= 11 is 0. The lowest BCUT2D eigenvalue weighted by atomic mass is 10.1. The number of non-ortho nitro benzene ring substituents is 1. The van der Waals surface area contributed by atoms with Gasteiger partial charge < -0.3 is 15.4 Å². The molecule has 0 heterocycles. The first-order valence-electron chi connectivity index (χ1n) is 8.13. The van der Waals surface area contributed by atoms with E-state index < -0.39 is 29.4 Å². The number of ether oxygens (including phenoxy) is 1. The van der Waals surface area contributed by atoms with Crippen molar-refractivity contribution in [1.29, 1.82) is 0 Å². The number of hydrogen-bond donors (Lipinski definition) is 2. The van der Waals surface area contributed by atoms with E-state index in [1.54, 1.807) is 6.07 Å². The zero-order valence-electron chi connectivity index (χ0n) is 14.7. The van der Waals surface area contributed by atoms with Crippen molar-refractivity contribution in [1.82, 2.24) is 10.6 Å². The van der Waals surface area contributed by atoms with Crippen LogP contribution in [0, 0.1) is 10.1 Å². The van der Waals surface area contributed by atoms with E-state index in [0.717, 1.165) is 6.07 Å². The summed E-state index contributed by atoms with van der Waals surface area (Å²) in [7, 11) is 0. The van der Waals surface area contributed by atoms with E-state index in [1.807, 2.05) is 0 Å². The molecule has 0 aliphatic carbocycles. The number of rotatable bonds is 8. The van der Waals surface area contributed by atoms with Crippen LogP contribution in [0.1, 0.15) is 22.8 Å². The van der Waals surface area contributed by atoms with Crippen molar-refractivity contribution in [3.8, 4) is 5.75 Å². The highest BCUT2D eigenvalue weighted by Gasteiger charge is 2.18. The van der Waals surface area contributed by atoms with Crippen molar-refractivity contribution in [2.45, 2.75) is 26.1 Å². The van der Waals surface area contributed by atoms with Crippen LogP contribution in [-0.4, -0.2) is 29.4 Å². The molecular formula is C18H17F2N3O5. The lowest BCUT2D eigenvalue weighted by Gasteiger charge is -2.14. The third-order valence-corrected chi connectivity index (χ3v) is 3.65. The zero-order valence-corrected chi connectivity index (χ0v) is 14.7. The van der Waals surface area contributed by atoms with Crippen molar-refractivity contribution in [3.05, 3.63) is 69.8 Å². The molecule has 0 spiro atoms. The van der Waals surface area contributed by atoms with Gasteiger partial charge in [-0.3, -0.25) is 19.7 Å². The average Bonchev–Trinajstić information content (AvgIpc) is 2.65. The number of nitro groups is 1. The van der Waals surface area contributed by atoms with E-state index in [1.165, 1.54) is 43.3 Å². The van der Waals surface area contributed by atoms with Gasteiger partial charge in [0.25, 0.3) is 11.6 Å². The third-order valence-electron chi connectivity index (χ3n) is 3.65. The van der Waals surface area contributed by atoms with Crippen LogP contribution in [0.2, 0.25) is 0 Å². The minimum atomic E-state index is -2.95. The number of benzene rings is 2. The monoisotopic (exact) mass is 393 g/mol. The van der Waals surface area contributed by atoms with Crippen LogP contribution < -0.4 is 15.4 Å². The molecular weight excluding hydrogens is 376 g/mol. The Morgan fingerprint density at radius 2 is 1.89 bits per heavy atom. The Labute approximate surface area is 158 Å². The van der Waals surface area contributed by atoms with Crippen LogP contribution in [0.4, 0.5) is 14.5 Å². The Morgan fingerprint density at radius 3 is 2.57 bits per heavy atom. The number of hydrogen-bond acceptors (Lipinski definition) is 5. The molecule has 1 unspecified atom stereocenters. The van der Waals surface area contributed by atoms with E-state index in [0.29, 0.717) is 5.56 Å². The van der Waals surface area contributed by atoms with E-state index in [2.05, 4.69) is 15.4 Å². The Hall–Kier alpha value is -3.56. The summed E-state index contributed by atoms with van der Waals surface area (Å²) < 4.78 is 28.8. The normalized spacial score (nSPS) is 11.6. The summed E-state index contributed by atoms with van der Waals surface area (Å²) in [5.41, 5.74) is 0.338. The number of nitrogens with zero attached hydrogens (tertiary/aromatic N) is 1. The average molecular weight is 393 g/mol. The fourth-order valence-corrected chi connectivity index (χ4v) is 2.28. The molecule has 0 radical (unpaired) electrons. The van der Waals surface area contributed by atoms with Gasteiger partial charge in [-0.2, -0.15) is 8.78 Å². The van der Waals surface area contributed by atoms with Gasteiger partial charge in [-0.15, -0.1) is 0 Å². The fourth-order valence-electron chi connectivity index (χ4n) is 2.28. The van der Waals surface area contributed by atoms with Crippen molar-refractivity contribution >= 4 is 17.5 Å². The Morgan fingerprint density at radius 1 is 1.18 bits per heavy atom. The van der Waals surface area contributed by atoms with Crippen LogP contribution in [0.25, 0.3) is 0 Å². The predicted octanol–water partition coefficient (Wildman–Crippen LogP) is 2.63. The summed E-state index contributed by atoms with van der Waals surface area (Å²) in [6.07, 6.45) is 0. The molecule has 8 nitrogen and oxygen atoms in total. The van der Waals surface area contributed by atoms with Gasteiger partial charge in [-0.1, -0.05) is 18.2 Å². The summed E-state index contributed by atoms with van der Waals surface area (Å²) in [6, 6.07) is 10.0. The number of alkyl halides is 2. The molecule has 0 bridgehead atoms. The smallest absolute Gasteiger partial charge is 0.387 e. The number of carbonyl (C=O) groups excluding carboxylic acids is 2. The highest BCUT2D eigenvalue weighted by atomic mass is 19.3. The Balaban J connectivity index is 1.91. The number of nitro benzene ring substituents is 1. The maximum atomic E-state index is 12.2. The van der Waals surface area contributed by atoms with Gasteiger partial charge in [0.05, 0.1) is 4.92 Å². The predicted molar refractivity (Wildman–Crippen MR) is 94.9 cm³/mol. The minimum Gasteiger partial charge on any atom is -0.435 e. The van der Waals surface area contributed by atoms with E-state index >= 15 is 0 Å². The lowest BCUT2D eigenvalue weighted by molar-refractivity contribution is -0.384. The molecule has 2 amide bonds. The molecule has 2 aromatic carbocycles. The number of halogens is 2. The standard InChI is InChI=1S/C18H17F2N3O5/c1-11(22-17(25)13-5-3-6-14(9-13)23(26)27)16(24)21-10-12-4-2-7-15(8-12)28-18(19)20/h2-9,11,18H,10H2,1H3,(H,21,24)(H,22,25). The second-order valence-electron chi connectivity index (χ2n) is 5.75. The van der Waals surface area contributed by atoms with Crippen LogP contribution >= 0.6 is 0 Å². The zero-order chi connectivity index (χ0) is 20.7. The summed E-state index contributed by atoms with van der Waals surface area (Å²) in [4.78, 5) is 34.4. The van der Waals surface area contributed by atoms with Gasteiger partial charge in [-0.25, -0.2) is 0 Å². The molecule has 2 aromatic rings. The molecule has 2 rings (SSSR count). The molecule has 28 heavy (non-hydrogen) atoms. The van der Waals surface area contributed by atoms with Crippen LogP contribution in [0.5, 0.6) is 5.75 Å². The molecule has 148 valence electrons. The fraction of sp³-hybridized carbons (Fsp3) is 0.222. The number of carbonyl (C=O) groups is 2. The second kappa shape index (κ2) is 9.40. The van der Waals surface area contributed by atoms with Gasteiger partial charge >= 0.3 is 6.61 Å². The highest BCUT2D eigenvalue weighted by molar-refractivity contribution is 5.97. The SMILES string of the molecule is CC(NC(=O)c1cccc([N+](=O)[O-])c1)C(=O)NCc1cccc(OC(F)F)c1. The molecule has 0 saturated heterocycles. The van der Waals surface area contributed by atoms with E-state index in [4.69, 9.17) is 0 Å². The summed E-state index contributed by atoms with van der Waals surface area (Å²) in [5.74, 6) is -1.19. The Kier molecular flexibility index (Phi) is 6.96. The molecule has 10 heteroatoms. The van der Waals surface area contributed by atoms with Gasteiger partial charge in [-0.05, 0) is 30.7 Å². The number of nitrogens with one attached hydrogen (secondary N) is 2. The van der Waals surface area contributed by atoms with Crippen molar-refractivity contribution in [2.75, 3.05) is 0 Å². The highest BCUT2D eigenvalue weighted by Crippen LogP contribution is 2.16. The molecule has 1 atom stereocenters. The first kappa shape index (κ1) is 20.7. The molecule has 2 N–H and O–H groups in total. The molecule has 0 aliphatic heterocycles. The first-order valence-corrected chi connectivity index (χ1v) is 8.13. The van der Waals surface area contributed by atoms with Crippen molar-refractivity contribution in [2.24, 2.45) is 0 Å². The maximum absolute atomic E-state index is 12.2. The molecule has 0 saturated carbocycles. The number of amides is 2. The molecule has 0 aromatic heterocycles. The van der Waals surface area contributed by atoms with E-state index in [9.17, 15) is 28.5 Å². The van der Waals surface area contributed by atoms with Gasteiger partial charge in [0.15, 0.2) is 0 Å². The quantitative estimate of drug-likeness (QED) is 0.529. The second-order valence-corrected chi connectivity index (χ2v) is 5.75. The minimum absolute atomic E-state index is 0.0335. The largest absolute Gasteiger partial charge is 0.435 e. The lowest BCUT2D eigenvalue weighted by Crippen LogP contribution is -2.44. The first-order chi connectivity index (χ1) is 13.3. The van der Waals surface area contributed by atoms with Gasteiger partial charge in [0.1, 0.15) is 11.8 Å². The van der Waals surface area contributed by atoms with Crippen LogP contribution in [0.15, 0.2) is 48.5 Å². The topological polar surface area (TPSA) is 111 Å². The van der Waals surface area contributed by atoms with Crippen molar-refractivity contribution < 1.29 is 28.0 Å². The van der Waals surface area contributed by atoms with Gasteiger partial charge in [0.2, 0.25) is 5.91 Å². The molecule has 0 fully saturated rings. The Bertz CT molecular complexity index is 876. The summed E-state index contributed by atoms with van der Waals surface area (Å²) in [5, 5.41) is 15.8. The molecule has 0 aliphatic rings. The van der Waals surface area contributed by atoms with Crippen LogP contribution in [-0.2, 0) is 11.3 Å². The van der Waals surface area contributed by atoms with Crippen molar-refractivity contribution in [3.63, 3.8) is 0 Å². The maximum Gasteiger partial charge on any atom is 0.387 e. The van der Waals surface area contributed by atoms with E-state index in [-0.39, 0.29) is 23.5 Å². The summed E-state index contributed by atoms with van der Waals surface area (Å²) in [6.45, 7) is -1.47. The van der Waals surface area contributed by atoms with Gasteiger partial charge in [0, 0.05) is 24.2 Å². The third kappa shape index (κ3) is 6.01.